The van der Waals surface area contributed by atoms with Crippen molar-refractivity contribution >= 4 is 52.7 Å². The van der Waals surface area contributed by atoms with Crippen molar-refractivity contribution in [2.24, 2.45) is 5.92 Å². The number of aliphatic carboxylic acids is 1. The van der Waals surface area contributed by atoms with E-state index >= 15 is 0 Å². The molecule has 0 radical (unpaired) electrons. The third-order valence-electron chi connectivity index (χ3n) is 7.48. The first-order chi connectivity index (χ1) is 21.8. The van der Waals surface area contributed by atoms with Crippen LogP contribution < -0.4 is 21.3 Å². The van der Waals surface area contributed by atoms with Crippen LogP contribution in [0.25, 0.3) is 0 Å². The molecule has 1 saturated heterocycles. The number of hydrogen-bond acceptors (Lipinski definition) is 7. The molecule has 5 amide bonds. The minimum Gasteiger partial charge on any atom is -0.481 e. The molecule has 1 fully saturated rings. The number of anilines is 2. The highest BCUT2D eigenvalue weighted by Crippen LogP contribution is 2.20. The van der Waals surface area contributed by atoms with Gasteiger partial charge in [-0.1, -0.05) is 44.2 Å². The zero-order valence-electron chi connectivity index (χ0n) is 26.2. The number of carboxylic acids is 1. The van der Waals surface area contributed by atoms with Crippen LogP contribution in [0.4, 0.5) is 11.4 Å². The van der Waals surface area contributed by atoms with E-state index in [4.69, 9.17) is 5.11 Å². The number of benzene rings is 2. The van der Waals surface area contributed by atoms with Crippen LogP contribution in [0.15, 0.2) is 54.6 Å². The van der Waals surface area contributed by atoms with Gasteiger partial charge in [0.1, 0.15) is 12.1 Å². The van der Waals surface area contributed by atoms with Crippen LogP contribution >= 0.6 is 0 Å². The second-order valence-corrected chi connectivity index (χ2v) is 11.6. The number of carbonyl (C=O) groups is 7. The average Bonchev–Trinajstić information content (AvgIpc) is 3.50. The molecular weight excluding hydrogens is 594 g/mol. The molecule has 13 heteroatoms. The molecule has 1 aliphatic rings. The van der Waals surface area contributed by atoms with Crippen molar-refractivity contribution in [1.82, 2.24) is 15.5 Å². The molecule has 2 aromatic carbocycles. The number of likely N-dealkylation sites (tertiary alicyclic amines) is 1. The lowest BCUT2D eigenvalue weighted by molar-refractivity contribution is -0.149. The third-order valence-corrected chi connectivity index (χ3v) is 7.48. The number of ketones is 1. The van der Waals surface area contributed by atoms with Gasteiger partial charge >= 0.3 is 5.97 Å². The van der Waals surface area contributed by atoms with Gasteiger partial charge in [0.15, 0.2) is 0 Å². The molecule has 246 valence electrons. The summed E-state index contributed by atoms with van der Waals surface area (Å²) in [7, 11) is 0. The summed E-state index contributed by atoms with van der Waals surface area (Å²) < 4.78 is 0. The monoisotopic (exact) mass is 635 g/mol. The van der Waals surface area contributed by atoms with E-state index in [1.165, 1.54) is 11.8 Å². The molecule has 0 saturated carbocycles. The van der Waals surface area contributed by atoms with Gasteiger partial charge in [0.05, 0.1) is 6.04 Å². The van der Waals surface area contributed by atoms with Gasteiger partial charge in [0.2, 0.25) is 29.4 Å². The predicted molar refractivity (Wildman–Crippen MR) is 169 cm³/mol. The molecule has 5 N–H and O–H groups in total. The van der Waals surface area contributed by atoms with Crippen LogP contribution in [0, 0.1) is 5.92 Å². The van der Waals surface area contributed by atoms with Crippen molar-refractivity contribution in [3.05, 3.63) is 60.2 Å². The molecule has 2 aromatic rings. The highest BCUT2D eigenvalue weighted by molar-refractivity contribution is 6.38. The standard InChI is InChI=1S/C33H41N5O8/c1-20(2)29(34-21(3)39)30(43)33(46)38-18-8-11-26(38)32(45)37-25(19-22-9-5-4-6-10-22)31(44)36-24-16-14-23(15-17-24)35-27(40)12-7-13-28(41)42/h4-6,9-10,14-17,20,25-26,29H,7-8,11-13,18-19H2,1-3H3,(H,34,39)(H,35,40)(H,36,44)(H,37,45)(H,41,42)/t25-,26+,29+/m1/s1. The fourth-order valence-electron chi connectivity index (χ4n) is 5.13. The van der Waals surface area contributed by atoms with Crippen molar-refractivity contribution in [2.75, 3.05) is 17.2 Å². The Hall–Kier alpha value is -5.07. The van der Waals surface area contributed by atoms with Crippen molar-refractivity contribution in [2.45, 2.75) is 77.4 Å². The average molecular weight is 636 g/mol. The summed E-state index contributed by atoms with van der Waals surface area (Å²) in [4.78, 5) is 88.9. The first-order valence-electron chi connectivity index (χ1n) is 15.2. The number of nitrogens with one attached hydrogen (secondary N) is 4. The van der Waals surface area contributed by atoms with Gasteiger partial charge in [-0.2, -0.15) is 0 Å². The summed E-state index contributed by atoms with van der Waals surface area (Å²) in [5, 5.41) is 19.5. The predicted octanol–water partition coefficient (Wildman–Crippen LogP) is 2.27. The number of amides is 5. The Bertz CT molecular complexity index is 1430. The maximum Gasteiger partial charge on any atom is 0.303 e. The third kappa shape index (κ3) is 10.5. The lowest BCUT2D eigenvalue weighted by Crippen LogP contribution is -2.56. The van der Waals surface area contributed by atoms with Crippen LogP contribution in [-0.2, 0) is 40.0 Å². The summed E-state index contributed by atoms with van der Waals surface area (Å²) in [6.45, 7) is 4.87. The second-order valence-electron chi connectivity index (χ2n) is 11.6. The van der Waals surface area contributed by atoms with Gasteiger partial charge in [-0.05, 0) is 55.0 Å². The lowest BCUT2D eigenvalue weighted by Gasteiger charge is -2.28. The number of carbonyl (C=O) groups excluding carboxylic acids is 6. The normalized spacial score (nSPS) is 15.4. The van der Waals surface area contributed by atoms with Gasteiger partial charge in [0.25, 0.3) is 5.91 Å². The van der Waals surface area contributed by atoms with E-state index in [1.54, 1.807) is 38.1 Å². The van der Waals surface area contributed by atoms with Crippen LogP contribution in [0.5, 0.6) is 0 Å². The van der Waals surface area contributed by atoms with Gasteiger partial charge < -0.3 is 31.3 Å². The molecule has 13 nitrogen and oxygen atoms in total. The molecule has 3 rings (SSSR count). The topological polar surface area (TPSA) is 191 Å². The van der Waals surface area contributed by atoms with Crippen LogP contribution in [-0.4, -0.2) is 76.0 Å². The highest BCUT2D eigenvalue weighted by atomic mass is 16.4. The van der Waals surface area contributed by atoms with E-state index in [-0.39, 0.29) is 44.1 Å². The van der Waals surface area contributed by atoms with Crippen molar-refractivity contribution in [1.29, 1.82) is 0 Å². The van der Waals surface area contributed by atoms with Crippen LogP contribution in [0.1, 0.15) is 58.4 Å². The Morgan fingerprint density at radius 2 is 1.50 bits per heavy atom. The quantitative estimate of drug-likeness (QED) is 0.184. The molecule has 46 heavy (non-hydrogen) atoms. The molecule has 1 heterocycles. The van der Waals surface area contributed by atoms with Gasteiger partial charge in [-0.15, -0.1) is 0 Å². The molecule has 0 aliphatic carbocycles. The molecule has 0 spiro atoms. The van der Waals surface area contributed by atoms with Crippen molar-refractivity contribution in [3.8, 4) is 0 Å². The SMILES string of the molecule is CC(=O)N[C@H](C(=O)C(=O)N1CCC[C@H]1C(=O)N[C@H](Cc1ccccc1)C(=O)Nc1ccc(NC(=O)CCCC(=O)O)cc1)C(C)C. The number of rotatable bonds is 15. The maximum atomic E-state index is 13.5. The van der Waals surface area contributed by atoms with E-state index in [9.17, 15) is 33.6 Å². The van der Waals surface area contributed by atoms with E-state index in [0.29, 0.717) is 24.2 Å². The van der Waals surface area contributed by atoms with E-state index in [0.717, 1.165) is 5.56 Å². The summed E-state index contributed by atoms with van der Waals surface area (Å²) in [5.74, 6) is -4.85. The Kier molecular flexibility index (Phi) is 13.0. The van der Waals surface area contributed by atoms with E-state index in [1.807, 2.05) is 30.3 Å². The molecule has 0 unspecified atom stereocenters. The van der Waals surface area contributed by atoms with Gasteiger partial charge in [0, 0.05) is 44.1 Å². The first-order valence-corrected chi connectivity index (χ1v) is 15.2. The Morgan fingerprint density at radius 1 is 0.870 bits per heavy atom. The summed E-state index contributed by atoms with van der Waals surface area (Å²) in [6.07, 6.45) is 1.10. The highest BCUT2D eigenvalue weighted by Gasteiger charge is 2.40. The zero-order valence-corrected chi connectivity index (χ0v) is 26.2. The molecule has 0 bridgehead atoms. The molecule has 1 aliphatic heterocycles. The van der Waals surface area contributed by atoms with Gasteiger partial charge in [-0.3, -0.25) is 33.6 Å². The molecular formula is C33H41N5O8. The lowest BCUT2D eigenvalue weighted by atomic mass is 9.98. The number of carboxylic acid groups (broad SMARTS) is 1. The molecule has 3 atom stereocenters. The second kappa shape index (κ2) is 16.8. The fraction of sp³-hybridized carbons (Fsp3) is 0.424. The number of Topliss-reactive ketones (excluding diaryl/α,β-unsaturated/α-hetero) is 1. The Balaban J connectivity index is 1.70. The Morgan fingerprint density at radius 3 is 2.09 bits per heavy atom. The minimum atomic E-state index is -1.03. The van der Waals surface area contributed by atoms with Gasteiger partial charge in [-0.25, -0.2) is 0 Å². The number of nitrogens with zero attached hydrogens (tertiary/aromatic N) is 1. The van der Waals surface area contributed by atoms with E-state index < -0.39 is 53.5 Å². The summed E-state index contributed by atoms with van der Waals surface area (Å²) >= 11 is 0. The zero-order chi connectivity index (χ0) is 33.8. The largest absolute Gasteiger partial charge is 0.481 e. The first kappa shape index (κ1) is 35.4. The smallest absolute Gasteiger partial charge is 0.303 e. The summed E-state index contributed by atoms with van der Waals surface area (Å²) in [6, 6.07) is 12.4. The molecule has 0 aromatic heterocycles. The van der Waals surface area contributed by atoms with Crippen LogP contribution in [0.2, 0.25) is 0 Å². The minimum absolute atomic E-state index is 0.0530. The summed E-state index contributed by atoms with van der Waals surface area (Å²) in [5.41, 5.74) is 1.65. The van der Waals surface area contributed by atoms with Crippen molar-refractivity contribution in [3.63, 3.8) is 0 Å². The fourth-order valence-corrected chi connectivity index (χ4v) is 5.13. The van der Waals surface area contributed by atoms with E-state index in [2.05, 4.69) is 21.3 Å². The maximum absolute atomic E-state index is 13.5. The Labute approximate surface area is 267 Å². The van der Waals surface area contributed by atoms with Crippen LogP contribution in [0.3, 0.4) is 0 Å². The number of hydrogen-bond donors (Lipinski definition) is 5. The van der Waals surface area contributed by atoms with Crippen molar-refractivity contribution < 1.29 is 38.7 Å².